The van der Waals surface area contributed by atoms with E-state index in [9.17, 15) is 4.39 Å². The van der Waals surface area contributed by atoms with Gasteiger partial charge in [0.1, 0.15) is 5.82 Å². The lowest BCUT2D eigenvalue weighted by atomic mass is 9.99. The summed E-state index contributed by atoms with van der Waals surface area (Å²) < 4.78 is 15.4. The molecule has 1 atom stereocenters. The van der Waals surface area contributed by atoms with Crippen LogP contribution in [0.5, 0.6) is 0 Å². The first kappa shape index (κ1) is 13.7. The fraction of sp³-hybridized carbons (Fsp3) is 0.400. The van der Waals surface area contributed by atoms with Crippen molar-refractivity contribution in [3.05, 3.63) is 53.1 Å². The number of aromatic nitrogens is 2. The molecular weight excluding hydrogens is 241 g/mol. The van der Waals surface area contributed by atoms with Crippen LogP contribution in [0, 0.1) is 12.7 Å². The predicted octanol–water partition coefficient (Wildman–Crippen LogP) is 2.85. The van der Waals surface area contributed by atoms with Gasteiger partial charge in [0, 0.05) is 18.8 Å². The topological polar surface area (TPSA) is 29.9 Å². The van der Waals surface area contributed by atoms with E-state index in [1.54, 1.807) is 12.1 Å². The lowest BCUT2D eigenvalue weighted by molar-refractivity contribution is 0.575. The highest BCUT2D eigenvalue weighted by atomic mass is 19.1. The van der Waals surface area contributed by atoms with Crippen LogP contribution in [0.3, 0.4) is 0 Å². The summed E-state index contributed by atoms with van der Waals surface area (Å²) in [6.07, 6.45) is 4.72. The van der Waals surface area contributed by atoms with Crippen LogP contribution in [-0.2, 0) is 13.0 Å². The number of halogens is 1. The number of likely N-dealkylation sites (N-methyl/N-ethyl adjacent to an activating group) is 1. The van der Waals surface area contributed by atoms with Crippen molar-refractivity contribution in [3.8, 4) is 0 Å². The average molecular weight is 261 g/mol. The van der Waals surface area contributed by atoms with E-state index < -0.39 is 0 Å². The molecule has 1 aromatic carbocycles. The highest BCUT2D eigenvalue weighted by Gasteiger charge is 2.12. The van der Waals surface area contributed by atoms with Gasteiger partial charge in [-0.25, -0.2) is 4.39 Å². The summed E-state index contributed by atoms with van der Waals surface area (Å²) in [6.45, 7) is 4.83. The highest BCUT2D eigenvalue weighted by molar-refractivity contribution is 5.27. The Labute approximate surface area is 113 Å². The van der Waals surface area contributed by atoms with Gasteiger partial charge in [0.2, 0.25) is 0 Å². The molecule has 0 radical (unpaired) electrons. The molecule has 0 aliphatic rings. The van der Waals surface area contributed by atoms with Gasteiger partial charge in [-0.05, 0) is 56.1 Å². The Morgan fingerprint density at radius 2 is 2.16 bits per heavy atom. The normalized spacial score (nSPS) is 12.6. The molecule has 3 nitrogen and oxygen atoms in total. The molecule has 19 heavy (non-hydrogen) atoms. The first-order valence-corrected chi connectivity index (χ1v) is 6.58. The Morgan fingerprint density at radius 1 is 1.37 bits per heavy atom. The Hall–Kier alpha value is -1.68. The first-order valence-electron chi connectivity index (χ1n) is 6.58. The van der Waals surface area contributed by atoms with Crippen molar-refractivity contribution < 1.29 is 4.39 Å². The summed E-state index contributed by atoms with van der Waals surface area (Å²) in [5, 5.41) is 7.51. The molecule has 2 aromatic rings. The Kier molecular flexibility index (Phi) is 4.32. The zero-order valence-electron chi connectivity index (χ0n) is 11.7. The monoisotopic (exact) mass is 261 g/mol. The maximum Gasteiger partial charge on any atom is 0.123 e. The van der Waals surface area contributed by atoms with E-state index in [0.29, 0.717) is 0 Å². The van der Waals surface area contributed by atoms with Crippen molar-refractivity contribution in [2.75, 3.05) is 7.05 Å². The Bertz CT molecular complexity index is 528. The quantitative estimate of drug-likeness (QED) is 0.897. The fourth-order valence-electron chi connectivity index (χ4n) is 2.27. The summed E-state index contributed by atoms with van der Waals surface area (Å²) in [4.78, 5) is 0. The van der Waals surface area contributed by atoms with Crippen LogP contribution >= 0.6 is 0 Å². The second kappa shape index (κ2) is 5.97. The Morgan fingerprint density at radius 3 is 2.74 bits per heavy atom. The molecule has 0 saturated carbocycles. The van der Waals surface area contributed by atoms with Gasteiger partial charge < -0.3 is 5.32 Å². The van der Waals surface area contributed by atoms with Gasteiger partial charge in [-0.2, -0.15) is 5.10 Å². The third-order valence-electron chi connectivity index (χ3n) is 3.27. The van der Waals surface area contributed by atoms with Crippen molar-refractivity contribution in [3.63, 3.8) is 0 Å². The van der Waals surface area contributed by atoms with Crippen molar-refractivity contribution in [2.45, 2.75) is 32.9 Å². The molecular formula is C15H20FN3. The molecule has 0 saturated heterocycles. The van der Waals surface area contributed by atoms with Crippen LogP contribution in [0.15, 0.2) is 30.6 Å². The van der Waals surface area contributed by atoms with E-state index in [1.807, 2.05) is 37.1 Å². The second-order valence-electron chi connectivity index (χ2n) is 4.81. The number of nitrogens with zero attached hydrogens (tertiary/aromatic N) is 2. The average Bonchev–Trinajstić information content (AvgIpc) is 2.82. The third kappa shape index (κ3) is 3.41. The summed E-state index contributed by atoms with van der Waals surface area (Å²) in [6, 6.07) is 5.27. The number of nitrogens with one attached hydrogen (secondary N) is 1. The van der Waals surface area contributed by atoms with Crippen molar-refractivity contribution in [1.82, 2.24) is 15.1 Å². The van der Waals surface area contributed by atoms with Gasteiger partial charge in [0.25, 0.3) is 0 Å². The molecule has 0 bridgehead atoms. The van der Waals surface area contributed by atoms with Crippen LogP contribution in [0.25, 0.3) is 0 Å². The zero-order valence-corrected chi connectivity index (χ0v) is 11.7. The standard InChI is InChI=1S/C15H20FN3/c1-4-19-10-12(9-18-19)7-15(17-3)13-5-11(2)6-14(16)8-13/h5-6,8-10,15,17H,4,7H2,1-3H3. The number of hydrogen-bond donors (Lipinski definition) is 1. The van der Waals surface area contributed by atoms with Gasteiger partial charge in [-0.1, -0.05) is 6.07 Å². The predicted molar refractivity (Wildman–Crippen MR) is 74.5 cm³/mol. The summed E-state index contributed by atoms with van der Waals surface area (Å²) in [5.74, 6) is -0.181. The minimum absolute atomic E-state index is 0.101. The van der Waals surface area contributed by atoms with Gasteiger partial charge in [0.05, 0.1) is 6.20 Å². The highest BCUT2D eigenvalue weighted by Crippen LogP contribution is 2.20. The number of benzene rings is 1. The van der Waals surface area contributed by atoms with Gasteiger partial charge in [-0.15, -0.1) is 0 Å². The lowest BCUT2D eigenvalue weighted by Gasteiger charge is -2.16. The van der Waals surface area contributed by atoms with Crippen molar-refractivity contribution in [1.29, 1.82) is 0 Å². The summed E-state index contributed by atoms with van der Waals surface area (Å²) in [7, 11) is 1.90. The van der Waals surface area contributed by atoms with E-state index in [1.165, 1.54) is 0 Å². The minimum atomic E-state index is -0.181. The molecule has 0 aliphatic heterocycles. The number of hydrogen-bond acceptors (Lipinski definition) is 2. The maximum atomic E-state index is 13.5. The largest absolute Gasteiger partial charge is 0.313 e. The molecule has 1 unspecified atom stereocenters. The van der Waals surface area contributed by atoms with E-state index in [0.717, 1.165) is 29.7 Å². The van der Waals surface area contributed by atoms with Gasteiger partial charge in [0.15, 0.2) is 0 Å². The number of aryl methyl sites for hydroxylation is 2. The van der Waals surface area contributed by atoms with Crippen LogP contribution in [-0.4, -0.2) is 16.8 Å². The molecule has 102 valence electrons. The van der Waals surface area contributed by atoms with E-state index in [2.05, 4.69) is 17.3 Å². The minimum Gasteiger partial charge on any atom is -0.313 e. The molecule has 1 N–H and O–H groups in total. The van der Waals surface area contributed by atoms with Crippen LogP contribution in [0.2, 0.25) is 0 Å². The SMILES string of the molecule is CCn1cc(CC(NC)c2cc(C)cc(F)c2)cn1. The maximum absolute atomic E-state index is 13.5. The van der Waals surface area contributed by atoms with E-state index >= 15 is 0 Å². The molecule has 0 aliphatic carbocycles. The van der Waals surface area contributed by atoms with E-state index in [4.69, 9.17) is 0 Å². The van der Waals surface area contributed by atoms with Crippen LogP contribution in [0.4, 0.5) is 4.39 Å². The summed E-state index contributed by atoms with van der Waals surface area (Å²) >= 11 is 0. The molecule has 1 aromatic heterocycles. The molecule has 0 spiro atoms. The smallest absolute Gasteiger partial charge is 0.123 e. The zero-order chi connectivity index (χ0) is 13.8. The van der Waals surface area contributed by atoms with Crippen molar-refractivity contribution >= 4 is 0 Å². The van der Waals surface area contributed by atoms with E-state index in [-0.39, 0.29) is 11.9 Å². The van der Waals surface area contributed by atoms with Crippen molar-refractivity contribution in [2.24, 2.45) is 0 Å². The molecule has 0 amide bonds. The summed E-state index contributed by atoms with van der Waals surface area (Å²) in [5.41, 5.74) is 3.08. The fourth-order valence-corrected chi connectivity index (χ4v) is 2.27. The van der Waals surface area contributed by atoms with Crippen LogP contribution < -0.4 is 5.32 Å². The molecule has 4 heteroatoms. The van der Waals surface area contributed by atoms with Gasteiger partial charge in [-0.3, -0.25) is 4.68 Å². The van der Waals surface area contributed by atoms with Gasteiger partial charge >= 0.3 is 0 Å². The lowest BCUT2D eigenvalue weighted by Crippen LogP contribution is -2.19. The molecule has 0 fully saturated rings. The second-order valence-corrected chi connectivity index (χ2v) is 4.81. The first-order chi connectivity index (χ1) is 9.12. The number of rotatable bonds is 5. The third-order valence-corrected chi connectivity index (χ3v) is 3.27. The molecule has 2 rings (SSSR count). The Balaban J connectivity index is 2.19. The van der Waals surface area contributed by atoms with Crippen LogP contribution in [0.1, 0.15) is 29.7 Å². The molecule has 1 heterocycles.